The lowest BCUT2D eigenvalue weighted by Gasteiger charge is -2.48. The molecule has 0 saturated carbocycles. The van der Waals surface area contributed by atoms with Crippen LogP contribution < -0.4 is 9.64 Å². The molecule has 1 aliphatic rings. The Morgan fingerprint density at radius 1 is 1.06 bits per heavy atom. The van der Waals surface area contributed by atoms with Gasteiger partial charge < -0.3 is 14.4 Å². The highest BCUT2D eigenvalue weighted by Crippen LogP contribution is 2.44. The minimum Gasteiger partial charge on any atom is -0.497 e. The van der Waals surface area contributed by atoms with Crippen molar-refractivity contribution in [3.63, 3.8) is 0 Å². The van der Waals surface area contributed by atoms with Gasteiger partial charge >= 0.3 is 5.97 Å². The van der Waals surface area contributed by atoms with Crippen LogP contribution in [0.2, 0.25) is 0 Å². The summed E-state index contributed by atoms with van der Waals surface area (Å²) in [5, 5.41) is 0. The average molecular weight is 484 g/mol. The van der Waals surface area contributed by atoms with Gasteiger partial charge in [-0.1, -0.05) is 50.2 Å². The van der Waals surface area contributed by atoms with Crippen molar-refractivity contribution < 1.29 is 14.3 Å². The molecule has 3 aromatic rings. The summed E-state index contributed by atoms with van der Waals surface area (Å²) in [6.07, 6.45) is 5.28. The lowest BCUT2D eigenvalue weighted by molar-refractivity contribution is -0.134. The molecule has 4 rings (SSSR count). The maximum absolute atomic E-state index is 11.5. The van der Waals surface area contributed by atoms with E-state index in [1.54, 1.807) is 13.2 Å². The number of esters is 1. The standard InChI is InChI=1S/C32H37NO3/c1-22(2)19-25-10-13-28(20-23(25)3)33-18-17-26-21-29(35-5)14-15-30(26)32(33,4)27-11-7-24(8-12-27)9-16-31(34)36-6/h7-16,20-22H,17-19H2,1-6H3/b16-9+. The van der Waals surface area contributed by atoms with Crippen LogP contribution in [0.4, 0.5) is 5.69 Å². The third kappa shape index (κ3) is 5.04. The Kier molecular flexibility index (Phi) is 7.53. The zero-order chi connectivity index (χ0) is 25.9. The number of anilines is 1. The molecule has 0 N–H and O–H groups in total. The molecule has 4 heteroatoms. The number of carbonyl (C=O) groups excluding carboxylic acids is 1. The topological polar surface area (TPSA) is 38.8 Å². The molecule has 1 atom stereocenters. The Balaban J connectivity index is 1.80. The van der Waals surface area contributed by atoms with Crippen molar-refractivity contribution in [2.24, 2.45) is 5.92 Å². The maximum Gasteiger partial charge on any atom is 0.330 e. The van der Waals surface area contributed by atoms with Crippen molar-refractivity contribution in [1.29, 1.82) is 0 Å². The van der Waals surface area contributed by atoms with Crippen molar-refractivity contribution >= 4 is 17.7 Å². The Morgan fingerprint density at radius 2 is 1.81 bits per heavy atom. The first-order valence-electron chi connectivity index (χ1n) is 12.7. The first-order chi connectivity index (χ1) is 17.3. The fourth-order valence-electron chi connectivity index (χ4n) is 5.35. The minimum atomic E-state index is -0.365. The molecule has 1 aliphatic heterocycles. The van der Waals surface area contributed by atoms with Crippen LogP contribution in [0.3, 0.4) is 0 Å². The van der Waals surface area contributed by atoms with E-state index in [1.165, 1.54) is 46.7 Å². The van der Waals surface area contributed by atoms with Gasteiger partial charge in [0.2, 0.25) is 0 Å². The first-order valence-corrected chi connectivity index (χ1v) is 12.7. The van der Waals surface area contributed by atoms with E-state index in [9.17, 15) is 4.79 Å². The van der Waals surface area contributed by atoms with Gasteiger partial charge in [-0.3, -0.25) is 0 Å². The zero-order valence-corrected chi connectivity index (χ0v) is 22.3. The van der Waals surface area contributed by atoms with Gasteiger partial charge in [0, 0.05) is 18.3 Å². The number of fused-ring (bicyclic) bond motifs is 1. The minimum absolute atomic E-state index is 0.358. The molecule has 0 amide bonds. The Labute approximate surface area is 215 Å². The second-order valence-electron chi connectivity index (χ2n) is 10.2. The molecule has 0 radical (unpaired) electrons. The zero-order valence-electron chi connectivity index (χ0n) is 22.3. The summed E-state index contributed by atoms with van der Waals surface area (Å²) in [5.74, 6) is 1.16. The molecular formula is C32H37NO3. The van der Waals surface area contributed by atoms with E-state index in [0.717, 1.165) is 30.7 Å². The largest absolute Gasteiger partial charge is 0.497 e. The summed E-state index contributed by atoms with van der Waals surface area (Å²) in [5.41, 5.74) is 8.39. The smallest absolute Gasteiger partial charge is 0.330 e. The number of hydrogen-bond donors (Lipinski definition) is 0. The normalized spacial score (nSPS) is 17.4. The van der Waals surface area contributed by atoms with Crippen LogP contribution >= 0.6 is 0 Å². The van der Waals surface area contributed by atoms with Crippen LogP contribution in [-0.2, 0) is 27.9 Å². The predicted octanol–water partition coefficient (Wildman–Crippen LogP) is 6.71. The van der Waals surface area contributed by atoms with E-state index >= 15 is 0 Å². The summed E-state index contributed by atoms with van der Waals surface area (Å²) in [6.45, 7) is 9.98. The Bertz CT molecular complexity index is 1260. The Hall–Kier alpha value is -3.53. The van der Waals surface area contributed by atoms with Crippen LogP contribution in [0.15, 0.2) is 66.7 Å². The molecular weight excluding hydrogens is 446 g/mol. The number of ether oxygens (including phenoxy) is 2. The summed E-state index contributed by atoms with van der Waals surface area (Å²) >= 11 is 0. The number of nitrogens with zero attached hydrogens (tertiary/aromatic N) is 1. The molecule has 3 aromatic carbocycles. The van der Waals surface area contributed by atoms with Gasteiger partial charge in [-0.25, -0.2) is 4.79 Å². The van der Waals surface area contributed by atoms with E-state index in [0.29, 0.717) is 5.92 Å². The summed E-state index contributed by atoms with van der Waals surface area (Å²) in [6, 6.07) is 21.8. The highest BCUT2D eigenvalue weighted by molar-refractivity contribution is 5.86. The molecule has 188 valence electrons. The molecule has 0 fully saturated rings. The second kappa shape index (κ2) is 10.6. The van der Waals surface area contributed by atoms with Crippen LogP contribution in [0.1, 0.15) is 54.2 Å². The summed E-state index contributed by atoms with van der Waals surface area (Å²) < 4.78 is 10.3. The fraction of sp³-hybridized carbons (Fsp3) is 0.344. The lowest BCUT2D eigenvalue weighted by Crippen LogP contribution is -2.49. The monoisotopic (exact) mass is 483 g/mol. The number of benzene rings is 3. The number of aryl methyl sites for hydroxylation is 1. The van der Waals surface area contributed by atoms with Gasteiger partial charge in [-0.2, -0.15) is 0 Å². The van der Waals surface area contributed by atoms with E-state index in [-0.39, 0.29) is 11.5 Å². The van der Waals surface area contributed by atoms with Gasteiger partial charge in [-0.05, 0) is 96.3 Å². The molecule has 0 bridgehead atoms. The van der Waals surface area contributed by atoms with Gasteiger partial charge in [0.05, 0.1) is 19.8 Å². The SMILES string of the molecule is COC(=O)/C=C/c1ccc(C2(C)c3ccc(OC)cc3CCN2c2ccc(CC(C)C)c(C)c2)cc1. The van der Waals surface area contributed by atoms with Gasteiger partial charge in [0.15, 0.2) is 0 Å². The predicted molar refractivity (Wildman–Crippen MR) is 148 cm³/mol. The van der Waals surface area contributed by atoms with Crippen LogP contribution in [0, 0.1) is 12.8 Å². The molecule has 4 nitrogen and oxygen atoms in total. The molecule has 0 aliphatic carbocycles. The van der Waals surface area contributed by atoms with Crippen LogP contribution in [0.5, 0.6) is 5.75 Å². The molecule has 36 heavy (non-hydrogen) atoms. The van der Waals surface area contributed by atoms with Crippen molar-refractivity contribution in [2.45, 2.75) is 46.1 Å². The summed E-state index contributed by atoms with van der Waals surface area (Å²) in [4.78, 5) is 14.1. The van der Waals surface area contributed by atoms with Crippen LogP contribution in [-0.4, -0.2) is 26.7 Å². The van der Waals surface area contributed by atoms with Crippen molar-refractivity contribution in [3.8, 4) is 5.75 Å². The number of methoxy groups -OCH3 is 2. The number of rotatable bonds is 7. The van der Waals surface area contributed by atoms with Crippen molar-refractivity contribution in [3.05, 3.63) is 100 Å². The van der Waals surface area contributed by atoms with Crippen LogP contribution in [0.25, 0.3) is 6.08 Å². The third-order valence-electron chi connectivity index (χ3n) is 7.33. The quantitative estimate of drug-likeness (QED) is 0.276. The highest BCUT2D eigenvalue weighted by atomic mass is 16.5. The molecule has 0 saturated heterocycles. The van der Waals surface area contributed by atoms with Gasteiger partial charge in [0.1, 0.15) is 5.75 Å². The molecule has 1 unspecified atom stereocenters. The van der Waals surface area contributed by atoms with Crippen molar-refractivity contribution in [1.82, 2.24) is 0 Å². The highest BCUT2D eigenvalue weighted by Gasteiger charge is 2.40. The molecule has 0 aromatic heterocycles. The maximum atomic E-state index is 11.5. The molecule has 0 spiro atoms. The molecule has 1 heterocycles. The van der Waals surface area contributed by atoms with Gasteiger partial charge in [0.25, 0.3) is 0 Å². The summed E-state index contributed by atoms with van der Waals surface area (Å²) in [7, 11) is 3.11. The van der Waals surface area contributed by atoms with E-state index in [2.05, 4.69) is 93.3 Å². The van der Waals surface area contributed by atoms with Crippen molar-refractivity contribution in [2.75, 3.05) is 25.7 Å². The van der Waals surface area contributed by atoms with Gasteiger partial charge in [-0.15, -0.1) is 0 Å². The van der Waals surface area contributed by atoms with E-state index < -0.39 is 0 Å². The number of hydrogen-bond acceptors (Lipinski definition) is 4. The fourth-order valence-corrected chi connectivity index (χ4v) is 5.35. The second-order valence-corrected chi connectivity index (χ2v) is 10.2. The lowest BCUT2D eigenvalue weighted by atomic mass is 9.76. The van der Waals surface area contributed by atoms with E-state index in [1.807, 2.05) is 0 Å². The number of carbonyl (C=O) groups is 1. The van der Waals surface area contributed by atoms with E-state index in [4.69, 9.17) is 9.47 Å². The first kappa shape index (κ1) is 25.6. The average Bonchev–Trinajstić information content (AvgIpc) is 2.88. The Morgan fingerprint density at radius 3 is 2.44 bits per heavy atom. The third-order valence-corrected chi connectivity index (χ3v) is 7.33.